The fourth-order valence-electron chi connectivity index (χ4n) is 2.63. The number of anilines is 1. The average Bonchev–Trinajstić information content (AvgIpc) is 3.21. The summed E-state index contributed by atoms with van der Waals surface area (Å²) in [6, 6.07) is 13.3. The van der Waals surface area contributed by atoms with E-state index in [1.54, 1.807) is 19.1 Å². The first kappa shape index (κ1) is 18.7. The van der Waals surface area contributed by atoms with Gasteiger partial charge >= 0.3 is 0 Å². The van der Waals surface area contributed by atoms with Crippen molar-refractivity contribution < 1.29 is 22.4 Å². The Morgan fingerprint density at radius 1 is 0.963 bits per heavy atom. The normalized spacial score (nSPS) is 13.2. The standard InChI is InChI=1S/C20H17F3N2O2/c1-12(20(26)25-15-10-9-14(21)17(22)18(15)23)24-19(16-8-5-11-27-16)13-6-3-2-4-7-13/h2-12,19,24H,1H3,(H,25,26)/t12-,19+/m0/s1. The van der Waals surface area contributed by atoms with Crippen LogP contribution in [-0.4, -0.2) is 11.9 Å². The largest absolute Gasteiger partial charge is 0.467 e. The Hall–Kier alpha value is -3.06. The van der Waals surface area contributed by atoms with Crippen molar-refractivity contribution >= 4 is 11.6 Å². The molecule has 4 nitrogen and oxygen atoms in total. The Morgan fingerprint density at radius 2 is 1.70 bits per heavy atom. The van der Waals surface area contributed by atoms with Crippen molar-refractivity contribution in [1.82, 2.24) is 5.32 Å². The number of carbonyl (C=O) groups excluding carboxylic acids is 1. The summed E-state index contributed by atoms with van der Waals surface area (Å²) in [5, 5.41) is 5.37. The average molecular weight is 374 g/mol. The van der Waals surface area contributed by atoms with Crippen LogP contribution in [0.1, 0.15) is 24.3 Å². The van der Waals surface area contributed by atoms with E-state index in [4.69, 9.17) is 4.42 Å². The molecule has 0 aliphatic rings. The van der Waals surface area contributed by atoms with Gasteiger partial charge in [0.2, 0.25) is 5.91 Å². The lowest BCUT2D eigenvalue weighted by atomic mass is 10.0. The minimum absolute atomic E-state index is 0.420. The second kappa shape index (κ2) is 8.09. The van der Waals surface area contributed by atoms with Crippen LogP contribution in [0.2, 0.25) is 0 Å². The Morgan fingerprint density at radius 3 is 2.37 bits per heavy atom. The summed E-state index contributed by atoms with van der Waals surface area (Å²) in [6.45, 7) is 1.58. The number of benzene rings is 2. The van der Waals surface area contributed by atoms with Crippen molar-refractivity contribution in [2.45, 2.75) is 19.0 Å². The molecular formula is C20H17F3N2O2. The summed E-state index contributed by atoms with van der Waals surface area (Å²) in [5.74, 6) is -4.40. The van der Waals surface area contributed by atoms with E-state index in [2.05, 4.69) is 10.6 Å². The summed E-state index contributed by atoms with van der Waals surface area (Å²) >= 11 is 0. The maximum Gasteiger partial charge on any atom is 0.241 e. The van der Waals surface area contributed by atoms with Gasteiger partial charge in [0, 0.05) is 0 Å². The van der Waals surface area contributed by atoms with Crippen LogP contribution in [0.15, 0.2) is 65.3 Å². The molecule has 2 N–H and O–H groups in total. The van der Waals surface area contributed by atoms with Crippen LogP contribution >= 0.6 is 0 Å². The molecule has 7 heteroatoms. The predicted molar refractivity (Wildman–Crippen MR) is 94.5 cm³/mol. The van der Waals surface area contributed by atoms with Gasteiger partial charge in [-0.25, -0.2) is 13.2 Å². The summed E-state index contributed by atoms with van der Waals surface area (Å²) in [4.78, 5) is 12.4. The topological polar surface area (TPSA) is 54.3 Å². The predicted octanol–water partition coefficient (Wildman–Crippen LogP) is 4.40. The lowest BCUT2D eigenvalue weighted by Gasteiger charge is -2.22. The first-order chi connectivity index (χ1) is 13.0. The van der Waals surface area contributed by atoms with E-state index in [0.717, 1.165) is 17.7 Å². The Kier molecular flexibility index (Phi) is 5.61. The van der Waals surface area contributed by atoms with Crippen LogP contribution in [0, 0.1) is 17.5 Å². The van der Waals surface area contributed by atoms with Gasteiger partial charge in [0.25, 0.3) is 0 Å². The lowest BCUT2D eigenvalue weighted by molar-refractivity contribution is -0.117. The number of amides is 1. The molecule has 140 valence electrons. The summed E-state index contributed by atoms with van der Waals surface area (Å²) in [5.41, 5.74) is 0.438. The Balaban J connectivity index is 1.77. The zero-order valence-electron chi connectivity index (χ0n) is 14.4. The molecule has 3 rings (SSSR count). The fraction of sp³-hybridized carbons (Fsp3) is 0.150. The zero-order chi connectivity index (χ0) is 19.4. The molecule has 2 atom stereocenters. The fourth-order valence-corrected chi connectivity index (χ4v) is 2.63. The van der Waals surface area contributed by atoms with Gasteiger partial charge in [0.15, 0.2) is 17.5 Å². The van der Waals surface area contributed by atoms with Gasteiger partial charge in [-0.05, 0) is 36.8 Å². The molecule has 0 saturated heterocycles. The molecule has 27 heavy (non-hydrogen) atoms. The quantitative estimate of drug-likeness (QED) is 0.629. The first-order valence-corrected chi connectivity index (χ1v) is 8.26. The number of hydrogen-bond donors (Lipinski definition) is 2. The molecule has 3 aromatic rings. The van der Waals surface area contributed by atoms with E-state index in [9.17, 15) is 18.0 Å². The van der Waals surface area contributed by atoms with Crippen LogP contribution in [0.5, 0.6) is 0 Å². The zero-order valence-corrected chi connectivity index (χ0v) is 14.4. The number of halogens is 3. The number of rotatable bonds is 6. The van der Waals surface area contributed by atoms with Crippen molar-refractivity contribution in [3.63, 3.8) is 0 Å². The SMILES string of the molecule is C[C@H](N[C@H](c1ccccc1)c1ccco1)C(=O)Nc1ccc(F)c(F)c1F. The molecule has 0 spiro atoms. The first-order valence-electron chi connectivity index (χ1n) is 8.26. The highest BCUT2D eigenvalue weighted by atomic mass is 19.2. The van der Waals surface area contributed by atoms with E-state index < -0.39 is 41.1 Å². The van der Waals surface area contributed by atoms with E-state index in [-0.39, 0.29) is 0 Å². The lowest BCUT2D eigenvalue weighted by Crippen LogP contribution is -2.40. The number of furan rings is 1. The smallest absolute Gasteiger partial charge is 0.241 e. The molecular weight excluding hydrogens is 357 g/mol. The molecule has 0 unspecified atom stereocenters. The van der Waals surface area contributed by atoms with Crippen molar-refractivity contribution in [3.05, 3.63) is 89.6 Å². The van der Waals surface area contributed by atoms with Crippen LogP contribution in [0.25, 0.3) is 0 Å². The number of carbonyl (C=O) groups is 1. The van der Waals surface area contributed by atoms with E-state index in [1.807, 2.05) is 30.3 Å². The van der Waals surface area contributed by atoms with E-state index in [0.29, 0.717) is 5.76 Å². The van der Waals surface area contributed by atoms with Gasteiger partial charge in [-0.3, -0.25) is 10.1 Å². The minimum atomic E-state index is -1.63. The molecule has 0 fully saturated rings. The van der Waals surface area contributed by atoms with Gasteiger partial charge in [-0.15, -0.1) is 0 Å². The van der Waals surface area contributed by atoms with Crippen LogP contribution < -0.4 is 10.6 Å². The highest BCUT2D eigenvalue weighted by molar-refractivity contribution is 5.94. The second-order valence-electron chi connectivity index (χ2n) is 5.96. The van der Waals surface area contributed by atoms with Crippen LogP contribution in [-0.2, 0) is 4.79 Å². The third kappa shape index (κ3) is 4.20. The van der Waals surface area contributed by atoms with Gasteiger partial charge in [-0.2, -0.15) is 0 Å². The minimum Gasteiger partial charge on any atom is -0.467 e. The molecule has 1 heterocycles. The van der Waals surface area contributed by atoms with Gasteiger partial charge in [0.1, 0.15) is 5.76 Å². The molecule has 2 aromatic carbocycles. The summed E-state index contributed by atoms with van der Waals surface area (Å²) in [6.07, 6.45) is 1.52. The number of hydrogen-bond acceptors (Lipinski definition) is 3. The van der Waals surface area contributed by atoms with Crippen molar-refractivity contribution in [3.8, 4) is 0 Å². The molecule has 0 saturated carbocycles. The monoisotopic (exact) mass is 374 g/mol. The molecule has 0 aliphatic carbocycles. The molecule has 1 aromatic heterocycles. The van der Waals surface area contributed by atoms with Crippen molar-refractivity contribution in [2.75, 3.05) is 5.32 Å². The second-order valence-corrected chi connectivity index (χ2v) is 5.96. The van der Waals surface area contributed by atoms with E-state index in [1.165, 1.54) is 6.26 Å². The Bertz CT molecular complexity index is 914. The van der Waals surface area contributed by atoms with Crippen molar-refractivity contribution in [1.29, 1.82) is 0 Å². The molecule has 0 bridgehead atoms. The third-order valence-electron chi connectivity index (χ3n) is 4.06. The molecule has 0 aliphatic heterocycles. The van der Waals surface area contributed by atoms with E-state index >= 15 is 0 Å². The van der Waals surface area contributed by atoms with Crippen LogP contribution in [0.4, 0.5) is 18.9 Å². The molecule has 1 amide bonds. The number of nitrogens with one attached hydrogen (secondary N) is 2. The third-order valence-corrected chi connectivity index (χ3v) is 4.06. The maximum atomic E-state index is 13.8. The van der Waals surface area contributed by atoms with Gasteiger partial charge in [0.05, 0.1) is 24.0 Å². The summed E-state index contributed by atoms with van der Waals surface area (Å²) < 4.78 is 45.6. The highest BCUT2D eigenvalue weighted by Gasteiger charge is 2.24. The maximum absolute atomic E-state index is 13.8. The van der Waals surface area contributed by atoms with Gasteiger partial charge in [-0.1, -0.05) is 30.3 Å². The Labute approximate surface area is 154 Å². The summed E-state index contributed by atoms with van der Waals surface area (Å²) in [7, 11) is 0. The van der Waals surface area contributed by atoms with Crippen LogP contribution in [0.3, 0.4) is 0 Å². The molecule has 0 radical (unpaired) electrons. The van der Waals surface area contributed by atoms with Gasteiger partial charge < -0.3 is 9.73 Å². The highest BCUT2D eigenvalue weighted by Crippen LogP contribution is 2.24. The van der Waals surface area contributed by atoms with Crippen molar-refractivity contribution in [2.24, 2.45) is 0 Å².